The number of nitrogens with zero attached hydrogens (tertiary/aromatic N) is 2. The van der Waals surface area contributed by atoms with E-state index in [0.717, 1.165) is 41.8 Å². The van der Waals surface area contributed by atoms with E-state index >= 15 is 0 Å². The van der Waals surface area contributed by atoms with Gasteiger partial charge in [-0.2, -0.15) is 0 Å². The fraction of sp³-hybridized carbons (Fsp3) is 0.500. The van der Waals surface area contributed by atoms with Gasteiger partial charge in [0, 0.05) is 24.0 Å². The molecule has 0 aliphatic carbocycles. The van der Waals surface area contributed by atoms with Gasteiger partial charge in [-0.3, -0.25) is 0 Å². The molecule has 4 nitrogen and oxygen atoms in total. The third-order valence-electron chi connectivity index (χ3n) is 2.91. The molecule has 1 saturated heterocycles. The maximum atomic E-state index is 5.49. The number of aromatic nitrogens is 2. The summed E-state index contributed by atoms with van der Waals surface area (Å²) in [5, 5.41) is 7.06. The van der Waals surface area contributed by atoms with Crippen LogP contribution in [-0.2, 0) is 4.74 Å². The van der Waals surface area contributed by atoms with Crippen molar-refractivity contribution in [2.75, 3.05) is 13.2 Å². The fourth-order valence-electron chi connectivity index (χ4n) is 2.01. The van der Waals surface area contributed by atoms with Crippen LogP contribution in [0.3, 0.4) is 0 Å². The summed E-state index contributed by atoms with van der Waals surface area (Å²) in [6.07, 6.45) is 2.30. The molecule has 1 atom stereocenters. The molecule has 2 aromatic heterocycles. The van der Waals surface area contributed by atoms with Crippen LogP contribution in [0.1, 0.15) is 29.5 Å². The van der Waals surface area contributed by atoms with Crippen LogP contribution < -0.4 is 0 Å². The Morgan fingerprint density at radius 1 is 1.47 bits per heavy atom. The van der Waals surface area contributed by atoms with Gasteiger partial charge in [0.05, 0.1) is 17.3 Å². The van der Waals surface area contributed by atoms with Gasteiger partial charge in [0.2, 0.25) is 0 Å². The number of ether oxygens (including phenoxy) is 1. The summed E-state index contributed by atoms with van der Waals surface area (Å²) in [5.74, 6) is 1.20. The van der Waals surface area contributed by atoms with E-state index in [9.17, 15) is 0 Å². The van der Waals surface area contributed by atoms with Gasteiger partial charge in [0.25, 0.3) is 0 Å². The number of hydrogen-bond acceptors (Lipinski definition) is 5. The summed E-state index contributed by atoms with van der Waals surface area (Å²) < 4.78 is 10.7. The highest BCUT2D eigenvalue weighted by atomic mass is 32.1. The standard InChI is InChI=1S/C12H14N2O2S/c1-8-5-11(16-14-8)10-7-17-12(13-10)9-3-2-4-15-6-9/h5,7,9H,2-4,6H2,1H3. The van der Waals surface area contributed by atoms with Crippen LogP contribution in [-0.4, -0.2) is 23.4 Å². The Balaban J connectivity index is 1.82. The van der Waals surface area contributed by atoms with Crippen molar-refractivity contribution in [1.29, 1.82) is 0 Å². The minimum absolute atomic E-state index is 0.450. The number of hydrogen-bond donors (Lipinski definition) is 0. The first-order valence-corrected chi connectivity index (χ1v) is 6.68. The molecule has 90 valence electrons. The summed E-state index contributed by atoms with van der Waals surface area (Å²) in [6, 6.07) is 1.91. The third kappa shape index (κ3) is 2.25. The van der Waals surface area contributed by atoms with Crippen LogP contribution in [0.15, 0.2) is 16.0 Å². The highest BCUT2D eigenvalue weighted by Gasteiger charge is 2.20. The zero-order chi connectivity index (χ0) is 11.7. The van der Waals surface area contributed by atoms with E-state index in [2.05, 4.69) is 10.1 Å². The van der Waals surface area contributed by atoms with E-state index in [4.69, 9.17) is 9.26 Å². The Labute approximate surface area is 104 Å². The lowest BCUT2D eigenvalue weighted by Crippen LogP contribution is -2.15. The zero-order valence-electron chi connectivity index (χ0n) is 9.68. The van der Waals surface area contributed by atoms with Gasteiger partial charge in [-0.1, -0.05) is 5.16 Å². The van der Waals surface area contributed by atoms with E-state index in [1.165, 1.54) is 6.42 Å². The molecule has 1 aliphatic rings. The fourth-order valence-corrected chi connectivity index (χ4v) is 2.94. The lowest BCUT2D eigenvalue weighted by atomic mass is 10.0. The number of rotatable bonds is 2. The van der Waals surface area contributed by atoms with Crippen LogP contribution in [0.25, 0.3) is 11.5 Å². The average molecular weight is 250 g/mol. The van der Waals surface area contributed by atoms with Gasteiger partial charge < -0.3 is 9.26 Å². The molecule has 17 heavy (non-hydrogen) atoms. The minimum Gasteiger partial charge on any atom is -0.381 e. The van der Waals surface area contributed by atoms with Crippen molar-refractivity contribution in [2.45, 2.75) is 25.7 Å². The Hall–Kier alpha value is -1.20. The molecule has 2 aromatic rings. The van der Waals surface area contributed by atoms with Crippen LogP contribution in [0.5, 0.6) is 0 Å². The summed E-state index contributed by atoms with van der Waals surface area (Å²) in [7, 11) is 0. The van der Waals surface area contributed by atoms with Gasteiger partial charge in [0.15, 0.2) is 5.76 Å². The Kier molecular flexibility index (Phi) is 2.94. The van der Waals surface area contributed by atoms with Crippen molar-refractivity contribution >= 4 is 11.3 Å². The first-order valence-electron chi connectivity index (χ1n) is 5.80. The van der Waals surface area contributed by atoms with Crippen molar-refractivity contribution < 1.29 is 9.26 Å². The minimum atomic E-state index is 0.450. The maximum absolute atomic E-state index is 5.49. The molecular formula is C12H14N2O2S. The molecule has 1 aliphatic heterocycles. The normalized spacial score (nSPS) is 20.6. The first kappa shape index (κ1) is 10.9. The van der Waals surface area contributed by atoms with Crippen molar-refractivity contribution in [1.82, 2.24) is 10.1 Å². The lowest BCUT2D eigenvalue weighted by molar-refractivity contribution is 0.0804. The zero-order valence-corrected chi connectivity index (χ0v) is 10.5. The monoisotopic (exact) mass is 250 g/mol. The number of aryl methyl sites for hydroxylation is 1. The van der Waals surface area contributed by atoms with Crippen LogP contribution in [0.4, 0.5) is 0 Å². The van der Waals surface area contributed by atoms with Gasteiger partial charge in [-0.05, 0) is 19.8 Å². The van der Waals surface area contributed by atoms with E-state index < -0.39 is 0 Å². The SMILES string of the molecule is Cc1cc(-c2csc(C3CCCOC3)n2)on1. The second-order valence-corrected chi connectivity index (χ2v) is 5.21. The van der Waals surface area contributed by atoms with Crippen molar-refractivity contribution in [3.63, 3.8) is 0 Å². The van der Waals surface area contributed by atoms with Crippen molar-refractivity contribution in [3.05, 3.63) is 22.1 Å². The predicted molar refractivity (Wildman–Crippen MR) is 65.1 cm³/mol. The smallest absolute Gasteiger partial charge is 0.186 e. The predicted octanol–water partition coefficient (Wildman–Crippen LogP) is 3.00. The molecule has 0 saturated carbocycles. The molecule has 1 unspecified atom stereocenters. The summed E-state index contributed by atoms with van der Waals surface area (Å²) in [4.78, 5) is 4.62. The lowest BCUT2D eigenvalue weighted by Gasteiger charge is -2.19. The molecule has 0 amide bonds. The molecule has 0 bridgehead atoms. The molecular weight excluding hydrogens is 236 g/mol. The van der Waals surface area contributed by atoms with Gasteiger partial charge >= 0.3 is 0 Å². The van der Waals surface area contributed by atoms with E-state index in [0.29, 0.717) is 5.92 Å². The van der Waals surface area contributed by atoms with Gasteiger partial charge in [0.1, 0.15) is 5.69 Å². The molecule has 3 heterocycles. The van der Waals surface area contributed by atoms with Gasteiger partial charge in [-0.15, -0.1) is 11.3 Å². The van der Waals surface area contributed by atoms with Crippen molar-refractivity contribution in [3.8, 4) is 11.5 Å². The van der Waals surface area contributed by atoms with Gasteiger partial charge in [-0.25, -0.2) is 4.98 Å². The summed E-state index contributed by atoms with van der Waals surface area (Å²) >= 11 is 1.68. The molecule has 0 radical (unpaired) electrons. The second kappa shape index (κ2) is 4.58. The molecule has 0 spiro atoms. The quantitative estimate of drug-likeness (QED) is 0.822. The average Bonchev–Trinajstić information content (AvgIpc) is 2.98. The molecule has 1 fully saturated rings. The highest BCUT2D eigenvalue weighted by molar-refractivity contribution is 7.10. The van der Waals surface area contributed by atoms with Crippen LogP contribution in [0, 0.1) is 6.92 Å². The summed E-state index contributed by atoms with van der Waals surface area (Å²) in [5.41, 5.74) is 1.77. The third-order valence-corrected chi connectivity index (χ3v) is 3.92. The topological polar surface area (TPSA) is 48.2 Å². The van der Waals surface area contributed by atoms with Crippen LogP contribution >= 0.6 is 11.3 Å². The van der Waals surface area contributed by atoms with Crippen molar-refractivity contribution in [2.24, 2.45) is 0 Å². The molecule has 0 aromatic carbocycles. The van der Waals surface area contributed by atoms with E-state index in [1.54, 1.807) is 11.3 Å². The molecule has 5 heteroatoms. The largest absolute Gasteiger partial charge is 0.381 e. The van der Waals surface area contributed by atoms with E-state index in [1.807, 2.05) is 18.4 Å². The highest BCUT2D eigenvalue weighted by Crippen LogP contribution is 2.31. The molecule has 3 rings (SSSR count). The molecule has 0 N–H and O–H groups in total. The Bertz CT molecular complexity index is 500. The Morgan fingerprint density at radius 2 is 2.41 bits per heavy atom. The van der Waals surface area contributed by atoms with Crippen LogP contribution in [0.2, 0.25) is 0 Å². The Morgan fingerprint density at radius 3 is 3.12 bits per heavy atom. The van der Waals surface area contributed by atoms with E-state index in [-0.39, 0.29) is 0 Å². The summed E-state index contributed by atoms with van der Waals surface area (Å²) in [6.45, 7) is 3.59. The number of thiazole rings is 1. The second-order valence-electron chi connectivity index (χ2n) is 4.32. The maximum Gasteiger partial charge on any atom is 0.186 e. The first-order chi connectivity index (χ1) is 8.33.